The predicted octanol–water partition coefficient (Wildman–Crippen LogP) is 3.37. The number of likely N-dealkylation sites (tertiary alicyclic amines) is 1. The van der Waals surface area contributed by atoms with Gasteiger partial charge >= 0.3 is 0 Å². The normalized spacial score (nSPS) is 16.7. The summed E-state index contributed by atoms with van der Waals surface area (Å²) in [5, 5.41) is 6.19. The number of carbonyl (C=O) groups is 2. The highest BCUT2D eigenvalue weighted by Gasteiger charge is 2.24. The van der Waals surface area contributed by atoms with Crippen LogP contribution in [-0.2, 0) is 9.59 Å². The molecule has 26 heavy (non-hydrogen) atoms. The maximum atomic E-state index is 12.4. The monoisotopic (exact) mass is 349 g/mol. The fourth-order valence-corrected chi connectivity index (χ4v) is 3.00. The lowest BCUT2D eigenvalue weighted by Crippen LogP contribution is -2.30. The first-order chi connectivity index (χ1) is 12.6. The summed E-state index contributed by atoms with van der Waals surface area (Å²) >= 11 is 0. The van der Waals surface area contributed by atoms with E-state index >= 15 is 0 Å². The Balaban J connectivity index is 1.52. The number of rotatable bonds is 5. The van der Waals surface area contributed by atoms with Crippen molar-refractivity contribution in [1.29, 1.82) is 0 Å². The molecule has 1 aliphatic rings. The number of nitrogens with one attached hydrogen (secondary N) is 2. The highest BCUT2D eigenvalue weighted by molar-refractivity contribution is 5.92. The number of amides is 2. The maximum absolute atomic E-state index is 12.4. The lowest BCUT2D eigenvalue weighted by molar-refractivity contribution is -0.125. The summed E-state index contributed by atoms with van der Waals surface area (Å²) < 4.78 is 0. The van der Waals surface area contributed by atoms with Gasteiger partial charge in [0.1, 0.15) is 0 Å². The van der Waals surface area contributed by atoms with E-state index < -0.39 is 0 Å². The van der Waals surface area contributed by atoms with Gasteiger partial charge in [-0.1, -0.05) is 30.3 Å². The molecule has 2 N–H and O–H groups in total. The first-order valence-corrected chi connectivity index (χ1v) is 8.76. The zero-order chi connectivity index (χ0) is 18.4. The van der Waals surface area contributed by atoms with Gasteiger partial charge in [-0.2, -0.15) is 0 Å². The number of carbonyl (C=O) groups excluding carboxylic acids is 2. The van der Waals surface area contributed by atoms with Crippen molar-refractivity contribution in [3.8, 4) is 0 Å². The van der Waals surface area contributed by atoms with Crippen molar-refractivity contribution in [2.24, 2.45) is 0 Å². The lowest BCUT2D eigenvalue weighted by atomic mass is 10.2. The Bertz CT molecular complexity index is 785. The summed E-state index contributed by atoms with van der Waals surface area (Å²) in [5.74, 6) is -0.0792. The minimum absolute atomic E-state index is 0.0216. The third-order valence-electron chi connectivity index (χ3n) is 4.29. The van der Waals surface area contributed by atoms with E-state index in [9.17, 15) is 9.59 Å². The van der Waals surface area contributed by atoms with Gasteiger partial charge in [0.2, 0.25) is 11.8 Å². The van der Waals surface area contributed by atoms with E-state index in [-0.39, 0.29) is 17.9 Å². The first kappa shape index (κ1) is 17.7. The van der Waals surface area contributed by atoms with Gasteiger partial charge in [0.25, 0.3) is 0 Å². The summed E-state index contributed by atoms with van der Waals surface area (Å²) in [7, 11) is 0. The first-order valence-electron chi connectivity index (χ1n) is 8.76. The van der Waals surface area contributed by atoms with E-state index in [4.69, 9.17) is 0 Å². The molecule has 1 heterocycles. The smallest absolute Gasteiger partial charge is 0.246 e. The van der Waals surface area contributed by atoms with E-state index in [1.807, 2.05) is 59.5 Å². The van der Waals surface area contributed by atoms with E-state index in [0.29, 0.717) is 6.54 Å². The van der Waals surface area contributed by atoms with Gasteiger partial charge in [-0.15, -0.1) is 0 Å². The van der Waals surface area contributed by atoms with Gasteiger partial charge in [0.15, 0.2) is 0 Å². The van der Waals surface area contributed by atoms with Crippen molar-refractivity contribution in [2.45, 2.75) is 19.4 Å². The molecule has 0 aliphatic carbocycles. The quantitative estimate of drug-likeness (QED) is 0.814. The summed E-state index contributed by atoms with van der Waals surface area (Å²) in [6.07, 6.45) is 4.36. The Labute approximate surface area is 153 Å². The molecular weight excluding hydrogens is 326 g/mol. The molecule has 1 unspecified atom stereocenters. The fraction of sp³-hybridized carbons (Fsp3) is 0.238. The van der Waals surface area contributed by atoms with Crippen LogP contribution in [0.4, 0.5) is 11.4 Å². The Morgan fingerprint density at radius 1 is 1.04 bits per heavy atom. The van der Waals surface area contributed by atoms with Crippen molar-refractivity contribution in [3.05, 3.63) is 66.2 Å². The van der Waals surface area contributed by atoms with Crippen molar-refractivity contribution in [3.63, 3.8) is 0 Å². The van der Waals surface area contributed by atoms with Crippen LogP contribution < -0.4 is 10.6 Å². The van der Waals surface area contributed by atoms with Crippen LogP contribution in [0.15, 0.2) is 60.7 Å². The Kier molecular flexibility index (Phi) is 5.69. The average Bonchev–Trinajstić information content (AvgIpc) is 3.10. The van der Waals surface area contributed by atoms with Crippen molar-refractivity contribution in [2.75, 3.05) is 23.7 Å². The highest BCUT2D eigenvalue weighted by Crippen LogP contribution is 2.16. The zero-order valence-electron chi connectivity index (χ0n) is 14.8. The summed E-state index contributed by atoms with van der Waals surface area (Å²) in [4.78, 5) is 25.3. The number of nitrogens with zero attached hydrogens (tertiary/aromatic N) is 1. The third kappa shape index (κ3) is 4.96. The molecule has 0 saturated carbocycles. The third-order valence-corrected chi connectivity index (χ3v) is 4.29. The summed E-state index contributed by atoms with van der Waals surface area (Å²) in [6.45, 7) is 2.94. The number of hydrogen-bond acceptors (Lipinski definition) is 3. The number of hydrogen-bond donors (Lipinski definition) is 2. The minimum atomic E-state index is -0.101. The van der Waals surface area contributed by atoms with Gasteiger partial charge in [-0.3, -0.25) is 9.59 Å². The molecule has 134 valence electrons. The molecule has 0 radical (unpaired) electrons. The molecule has 1 atom stereocenters. The van der Waals surface area contributed by atoms with Gasteiger partial charge in [0, 0.05) is 43.5 Å². The molecule has 0 bridgehead atoms. The van der Waals surface area contributed by atoms with Crippen LogP contribution in [0.3, 0.4) is 0 Å². The number of benzene rings is 2. The van der Waals surface area contributed by atoms with E-state index in [2.05, 4.69) is 10.6 Å². The minimum Gasteiger partial charge on any atom is -0.380 e. The van der Waals surface area contributed by atoms with Crippen LogP contribution in [0.5, 0.6) is 0 Å². The maximum Gasteiger partial charge on any atom is 0.246 e. The highest BCUT2D eigenvalue weighted by atomic mass is 16.2. The molecule has 2 aromatic carbocycles. The molecule has 5 heteroatoms. The molecule has 5 nitrogen and oxygen atoms in total. The summed E-state index contributed by atoms with van der Waals surface area (Å²) in [6, 6.07) is 17.7. The number of para-hydroxylation sites is 1. The van der Waals surface area contributed by atoms with Crippen molar-refractivity contribution >= 4 is 29.3 Å². The van der Waals surface area contributed by atoms with Crippen molar-refractivity contribution in [1.82, 2.24) is 4.90 Å². The Morgan fingerprint density at radius 3 is 2.46 bits per heavy atom. The molecule has 0 spiro atoms. The Morgan fingerprint density at radius 2 is 1.77 bits per heavy atom. The standard InChI is InChI=1S/C21H23N3O2/c1-16(25)22-19-10-7-17(8-11-19)9-12-21(26)24-14-13-20(15-24)23-18-5-3-2-4-6-18/h2-12,20,23H,13-15H2,1H3,(H,22,25)/b12-9+. The van der Waals surface area contributed by atoms with Crippen LogP contribution in [-0.4, -0.2) is 35.8 Å². The van der Waals surface area contributed by atoms with Crippen LogP contribution in [0.1, 0.15) is 18.9 Å². The average molecular weight is 349 g/mol. The molecule has 2 aromatic rings. The van der Waals surface area contributed by atoms with Crippen LogP contribution >= 0.6 is 0 Å². The molecule has 2 amide bonds. The molecule has 1 aliphatic heterocycles. The lowest BCUT2D eigenvalue weighted by Gasteiger charge is -2.16. The second kappa shape index (κ2) is 8.34. The van der Waals surface area contributed by atoms with Crippen LogP contribution in [0, 0.1) is 0 Å². The molecular formula is C21H23N3O2. The SMILES string of the molecule is CC(=O)Nc1ccc(/C=C/C(=O)N2CCC(Nc3ccccc3)C2)cc1. The van der Waals surface area contributed by atoms with Crippen molar-refractivity contribution < 1.29 is 9.59 Å². The second-order valence-corrected chi connectivity index (χ2v) is 6.42. The van der Waals surface area contributed by atoms with Gasteiger partial charge in [-0.25, -0.2) is 0 Å². The van der Waals surface area contributed by atoms with E-state index in [1.54, 1.807) is 12.2 Å². The zero-order valence-corrected chi connectivity index (χ0v) is 14.8. The molecule has 1 saturated heterocycles. The molecule has 0 aromatic heterocycles. The fourth-order valence-electron chi connectivity index (χ4n) is 3.00. The van der Waals surface area contributed by atoms with Crippen LogP contribution in [0.25, 0.3) is 6.08 Å². The number of anilines is 2. The van der Waals surface area contributed by atoms with Gasteiger partial charge in [-0.05, 0) is 42.3 Å². The topological polar surface area (TPSA) is 61.4 Å². The molecule has 3 rings (SSSR count). The van der Waals surface area contributed by atoms with Gasteiger partial charge in [0.05, 0.1) is 0 Å². The van der Waals surface area contributed by atoms with Crippen LogP contribution in [0.2, 0.25) is 0 Å². The van der Waals surface area contributed by atoms with E-state index in [1.165, 1.54) is 6.92 Å². The predicted molar refractivity (Wildman–Crippen MR) is 105 cm³/mol. The molecule has 1 fully saturated rings. The summed E-state index contributed by atoms with van der Waals surface area (Å²) in [5.41, 5.74) is 2.75. The second-order valence-electron chi connectivity index (χ2n) is 6.42. The Hall–Kier alpha value is -3.08. The van der Waals surface area contributed by atoms with E-state index in [0.717, 1.165) is 29.9 Å². The largest absolute Gasteiger partial charge is 0.380 e. The van der Waals surface area contributed by atoms with Gasteiger partial charge < -0.3 is 15.5 Å².